The van der Waals surface area contributed by atoms with Gasteiger partial charge in [0.25, 0.3) is 0 Å². The fraction of sp³-hybridized carbons (Fsp3) is 0.167. The number of nitrogens with zero attached hydrogens (tertiary/aromatic N) is 1. The van der Waals surface area contributed by atoms with Crippen LogP contribution in [-0.2, 0) is 4.74 Å². The zero-order valence-electron chi connectivity index (χ0n) is 21.3. The highest BCUT2D eigenvalue weighted by Crippen LogP contribution is 2.59. The highest BCUT2D eigenvalue weighted by molar-refractivity contribution is 8.32. The van der Waals surface area contributed by atoms with Crippen LogP contribution >= 0.6 is 35.7 Å². The minimum absolute atomic E-state index is 0.0373. The van der Waals surface area contributed by atoms with Gasteiger partial charge in [0.1, 0.15) is 5.75 Å². The molecule has 3 aromatic rings. The molecule has 2 aliphatic rings. The van der Waals surface area contributed by atoms with Gasteiger partial charge in [0.05, 0.1) is 39.5 Å². The number of thioether (sulfide) groups is 2. The van der Waals surface area contributed by atoms with Gasteiger partial charge in [-0.15, -0.1) is 0 Å². The second-order valence-electron chi connectivity index (χ2n) is 9.16. The van der Waals surface area contributed by atoms with E-state index in [1.807, 2.05) is 92.7 Å². The molecule has 0 unspecified atom stereocenters. The molecule has 0 radical (unpaired) electrons. The standard InChI is InChI=1S/C30H25NO4S3/c1-30(2)27(36)23(21-16-15-20(34-3)17-22(21)31(30)29(33)35-4)28-37-25(19-13-9-6-10-14-19)26(38-28)24(32)18-11-7-5-8-12-18/h5-17H,1-4H3/b28-23-. The van der Waals surface area contributed by atoms with Crippen LogP contribution in [0.5, 0.6) is 5.75 Å². The van der Waals surface area contributed by atoms with E-state index >= 15 is 0 Å². The molecule has 0 bridgehead atoms. The number of hydrogen-bond donors (Lipinski definition) is 0. The topological polar surface area (TPSA) is 55.8 Å². The first-order valence-electron chi connectivity index (χ1n) is 11.9. The van der Waals surface area contributed by atoms with E-state index in [-0.39, 0.29) is 5.78 Å². The van der Waals surface area contributed by atoms with Gasteiger partial charge in [-0.3, -0.25) is 9.69 Å². The molecule has 0 aromatic heterocycles. The van der Waals surface area contributed by atoms with Gasteiger partial charge in [-0.1, -0.05) is 96.4 Å². The number of ether oxygens (including phenoxy) is 2. The average Bonchev–Trinajstić information content (AvgIpc) is 3.38. The van der Waals surface area contributed by atoms with Crippen LogP contribution in [0, 0.1) is 0 Å². The van der Waals surface area contributed by atoms with Crippen molar-refractivity contribution in [3.05, 3.63) is 105 Å². The second kappa shape index (κ2) is 10.4. The van der Waals surface area contributed by atoms with Gasteiger partial charge in [-0.2, -0.15) is 0 Å². The van der Waals surface area contributed by atoms with Crippen LogP contribution in [0.25, 0.3) is 10.5 Å². The predicted octanol–water partition coefficient (Wildman–Crippen LogP) is 7.83. The molecule has 5 nitrogen and oxygen atoms in total. The Morgan fingerprint density at radius 3 is 2.18 bits per heavy atom. The van der Waals surface area contributed by atoms with E-state index in [0.29, 0.717) is 26.8 Å². The van der Waals surface area contributed by atoms with Crippen LogP contribution in [0.4, 0.5) is 10.5 Å². The van der Waals surface area contributed by atoms with E-state index in [0.717, 1.165) is 25.8 Å². The van der Waals surface area contributed by atoms with Gasteiger partial charge < -0.3 is 9.47 Å². The summed E-state index contributed by atoms with van der Waals surface area (Å²) in [6, 6.07) is 24.8. The number of thiocarbonyl (C=S) groups is 1. The quantitative estimate of drug-likeness (QED) is 0.183. The lowest BCUT2D eigenvalue weighted by atomic mass is 9.83. The van der Waals surface area contributed by atoms with Gasteiger partial charge in [0.2, 0.25) is 5.78 Å². The Kier molecular flexibility index (Phi) is 7.22. The number of benzene rings is 3. The second-order valence-corrected chi connectivity index (χ2v) is 11.9. The SMILES string of the molecule is COC(=O)N1c2cc(OC)ccc2/C(=C2/SC(C(=O)c3ccccc3)=C(c3ccccc3)S2)C(=S)C1(C)C. The van der Waals surface area contributed by atoms with Gasteiger partial charge in [-0.05, 0) is 31.5 Å². The molecule has 0 spiro atoms. The number of rotatable bonds is 4. The number of hydrogen-bond acceptors (Lipinski definition) is 7. The van der Waals surface area contributed by atoms with Crippen LogP contribution in [0.15, 0.2) is 88.0 Å². The third-order valence-electron chi connectivity index (χ3n) is 6.49. The Balaban J connectivity index is 1.71. The molecule has 2 heterocycles. The van der Waals surface area contributed by atoms with E-state index in [2.05, 4.69) is 0 Å². The molecule has 0 atom stereocenters. The van der Waals surface area contributed by atoms with Crippen LogP contribution in [0.1, 0.15) is 35.3 Å². The number of anilines is 1. The number of fused-ring (bicyclic) bond motifs is 1. The summed E-state index contributed by atoms with van der Waals surface area (Å²) in [5.74, 6) is 0.574. The number of Topliss-reactive ketones (excluding diaryl/α,β-unsaturated/α-hetero) is 1. The third kappa shape index (κ3) is 4.46. The molecule has 0 saturated heterocycles. The van der Waals surface area contributed by atoms with E-state index in [4.69, 9.17) is 21.7 Å². The zero-order chi connectivity index (χ0) is 27.0. The summed E-state index contributed by atoms with van der Waals surface area (Å²) in [4.78, 5) is 30.4. The van der Waals surface area contributed by atoms with Crippen LogP contribution in [-0.4, -0.2) is 36.5 Å². The van der Waals surface area contributed by atoms with Gasteiger partial charge in [0.15, 0.2) is 0 Å². The van der Waals surface area contributed by atoms with Crippen molar-refractivity contribution in [2.45, 2.75) is 19.4 Å². The first-order valence-corrected chi connectivity index (χ1v) is 13.9. The van der Waals surface area contributed by atoms with Gasteiger partial charge in [0, 0.05) is 27.7 Å². The molecular weight excluding hydrogens is 535 g/mol. The summed E-state index contributed by atoms with van der Waals surface area (Å²) in [6.45, 7) is 3.81. The molecular formula is C30H25NO4S3. The Labute approximate surface area is 235 Å². The van der Waals surface area contributed by atoms with Gasteiger partial charge >= 0.3 is 6.09 Å². The van der Waals surface area contributed by atoms with Crippen LogP contribution in [0.3, 0.4) is 0 Å². The van der Waals surface area contributed by atoms with Crippen LogP contribution < -0.4 is 9.64 Å². The number of allylic oxidation sites excluding steroid dienone is 1. The van der Waals surface area contributed by atoms with E-state index in [1.165, 1.54) is 18.9 Å². The first kappa shape index (κ1) is 26.3. The summed E-state index contributed by atoms with van der Waals surface area (Å²) in [6.07, 6.45) is -0.509. The van der Waals surface area contributed by atoms with Crippen molar-refractivity contribution in [3.8, 4) is 5.75 Å². The molecule has 38 heavy (non-hydrogen) atoms. The highest BCUT2D eigenvalue weighted by Gasteiger charge is 2.46. The lowest BCUT2D eigenvalue weighted by Crippen LogP contribution is -2.55. The Morgan fingerprint density at radius 1 is 0.895 bits per heavy atom. The Bertz CT molecular complexity index is 1510. The molecule has 8 heteroatoms. The maximum Gasteiger partial charge on any atom is 0.414 e. The molecule has 0 aliphatic carbocycles. The molecule has 1 amide bonds. The van der Waals surface area contributed by atoms with E-state index in [9.17, 15) is 9.59 Å². The highest BCUT2D eigenvalue weighted by atomic mass is 32.2. The summed E-state index contributed by atoms with van der Waals surface area (Å²) >= 11 is 9.04. The van der Waals surface area contributed by atoms with Crippen molar-refractivity contribution in [3.63, 3.8) is 0 Å². The summed E-state index contributed by atoms with van der Waals surface area (Å²) in [7, 11) is 2.94. The molecule has 5 rings (SSSR count). The molecule has 2 aliphatic heterocycles. The molecule has 0 saturated carbocycles. The number of methoxy groups -OCH3 is 2. The number of carbonyl (C=O) groups is 2. The van der Waals surface area contributed by atoms with Crippen molar-refractivity contribution in [2.75, 3.05) is 19.1 Å². The van der Waals surface area contributed by atoms with Crippen molar-refractivity contribution < 1.29 is 19.1 Å². The lowest BCUT2D eigenvalue weighted by Gasteiger charge is -2.44. The van der Waals surface area contributed by atoms with Crippen molar-refractivity contribution >= 4 is 68.6 Å². The first-order chi connectivity index (χ1) is 18.3. The minimum Gasteiger partial charge on any atom is -0.497 e. The Morgan fingerprint density at radius 2 is 1.55 bits per heavy atom. The molecule has 3 aromatic carbocycles. The van der Waals surface area contributed by atoms with E-state index in [1.54, 1.807) is 23.8 Å². The Hall–Kier alpha value is -3.33. The summed E-state index contributed by atoms with van der Waals surface area (Å²) < 4.78 is 11.5. The normalized spacial score (nSPS) is 18.3. The maximum atomic E-state index is 13.7. The third-order valence-corrected chi connectivity index (χ3v) is 9.84. The number of carbonyl (C=O) groups excluding carboxylic acids is 2. The fourth-order valence-corrected chi connectivity index (χ4v) is 7.75. The van der Waals surface area contributed by atoms with E-state index < -0.39 is 11.6 Å². The zero-order valence-corrected chi connectivity index (χ0v) is 23.8. The predicted molar refractivity (Wildman–Crippen MR) is 161 cm³/mol. The smallest absolute Gasteiger partial charge is 0.414 e. The van der Waals surface area contributed by atoms with Gasteiger partial charge in [-0.25, -0.2) is 4.79 Å². The largest absolute Gasteiger partial charge is 0.497 e. The minimum atomic E-state index is -0.871. The lowest BCUT2D eigenvalue weighted by molar-refractivity contribution is 0.104. The van der Waals surface area contributed by atoms with Crippen molar-refractivity contribution in [1.82, 2.24) is 0 Å². The van der Waals surface area contributed by atoms with Crippen molar-refractivity contribution in [1.29, 1.82) is 0 Å². The summed E-state index contributed by atoms with van der Waals surface area (Å²) in [5, 5.41) is 0. The summed E-state index contributed by atoms with van der Waals surface area (Å²) in [5.41, 5.74) is 2.99. The fourth-order valence-electron chi connectivity index (χ4n) is 4.54. The van der Waals surface area contributed by atoms with Crippen LogP contribution in [0.2, 0.25) is 0 Å². The molecule has 0 fully saturated rings. The average molecular weight is 560 g/mol. The molecule has 0 N–H and O–H groups in total. The maximum absolute atomic E-state index is 13.7. The molecule has 192 valence electrons. The monoisotopic (exact) mass is 559 g/mol. The number of ketones is 1. The number of amides is 1. The van der Waals surface area contributed by atoms with Crippen molar-refractivity contribution in [2.24, 2.45) is 0 Å².